The van der Waals surface area contributed by atoms with Gasteiger partial charge in [-0.2, -0.15) is 0 Å². The molecule has 1 saturated carbocycles. The smallest absolute Gasteiger partial charge is 0.143 e. The Hall–Kier alpha value is -1.91. The van der Waals surface area contributed by atoms with Gasteiger partial charge < -0.3 is 5.32 Å². The van der Waals surface area contributed by atoms with E-state index >= 15 is 0 Å². The maximum absolute atomic E-state index is 3.95. The Labute approximate surface area is 125 Å². The summed E-state index contributed by atoms with van der Waals surface area (Å²) in [5.41, 5.74) is 3.41. The van der Waals surface area contributed by atoms with Gasteiger partial charge in [0.25, 0.3) is 0 Å². The molecule has 1 N–H and O–H groups in total. The van der Waals surface area contributed by atoms with Crippen molar-refractivity contribution in [2.24, 2.45) is 5.92 Å². The van der Waals surface area contributed by atoms with Gasteiger partial charge in [0.05, 0.1) is 5.69 Å². The van der Waals surface area contributed by atoms with Gasteiger partial charge in [-0.15, -0.1) is 5.10 Å². The molecule has 0 saturated heterocycles. The first-order chi connectivity index (χ1) is 10.3. The number of hydrogen-bond acceptors (Lipinski definition) is 4. The molecule has 0 amide bonds. The van der Waals surface area contributed by atoms with E-state index in [4.69, 9.17) is 0 Å². The van der Waals surface area contributed by atoms with Gasteiger partial charge in [0, 0.05) is 11.7 Å². The van der Waals surface area contributed by atoms with E-state index in [1.807, 2.05) is 0 Å². The molecule has 21 heavy (non-hydrogen) atoms. The number of aryl methyl sites for hydroxylation is 1. The summed E-state index contributed by atoms with van der Waals surface area (Å²) in [6.07, 6.45) is 8.26. The Morgan fingerprint density at radius 1 is 1.29 bits per heavy atom. The second kappa shape index (κ2) is 6.24. The van der Waals surface area contributed by atoms with Crippen molar-refractivity contribution in [3.8, 4) is 5.69 Å². The summed E-state index contributed by atoms with van der Waals surface area (Å²) in [7, 11) is 0. The number of aromatic nitrogens is 4. The lowest BCUT2D eigenvalue weighted by molar-refractivity contribution is 0.317. The monoisotopic (exact) mass is 285 g/mol. The fourth-order valence-electron chi connectivity index (χ4n) is 3.37. The van der Waals surface area contributed by atoms with E-state index in [-0.39, 0.29) is 0 Å². The zero-order valence-electron chi connectivity index (χ0n) is 12.8. The molecule has 0 aliphatic heterocycles. The Balaban J connectivity index is 1.76. The highest BCUT2D eigenvalue weighted by atomic mass is 15.5. The number of nitrogens with zero attached hydrogens (tertiary/aromatic N) is 4. The van der Waals surface area contributed by atoms with Crippen LogP contribution in [0.25, 0.3) is 5.69 Å². The highest BCUT2D eigenvalue weighted by molar-refractivity contribution is 5.53. The summed E-state index contributed by atoms with van der Waals surface area (Å²) < 4.78 is 1.70. The molecule has 1 fully saturated rings. The molecular formula is C16H23N5. The normalized spacial score (nSPS) is 22.2. The van der Waals surface area contributed by atoms with Crippen LogP contribution in [0.15, 0.2) is 24.5 Å². The predicted molar refractivity (Wildman–Crippen MR) is 83.6 cm³/mol. The maximum Gasteiger partial charge on any atom is 0.143 e. The van der Waals surface area contributed by atoms with Gasteiger partial charge in [-0.3, -0.25) is 0 Å². The molecule has 1 heterocycles. The lowest BCUT2D eigenvalue weighted by atomic mass is 9.83. The van der Waals surface area contributed by atoms with Crippen molar-refractivity contribution < 1.29 is 0 Å². The molecule has 0 bridgehead atoms. The van der Waals surface area contributed by atoms with Crippen molar-refractivity contribution in [1.29, 1.82) is 0 Å². The van der Waals surface area contributed by atoms with E-state index in [9.17, 15) is 0 Å². The number of benzene rings is 1. The van der Waals surface area contributed by atoms with E-state index in [1.165, 1.54) is 43.4 Å². The Bertz CT molecular complexity index is 578. The number of hydrogen-bond donors (Lipinski definition) is 1. The maximum atomic E-state index is 3.95. The van der Waals surface area contributed by atoms with E-state index < -0.39 is 0 Å². The summed E-state index contributed by atoms with van der Waals surface area (Å²) in [4.78, 5) is 0. The van der Waals surface area contributed by atoms with Gasteiger partial charge in [0.15, 0.2) is 0 Å². The minimum atomic E-state index is 0.613. The van der Waals surface area contributed by atoms with Crippen LogP contribution >= 0.6 is 0 Å². The molecule has 5 heteroatoms. The molecule has 2 aromatic rings. The summed E-state index contributed by atoms with van der Waals surface area (Å²) in [5.74, 6) is 0.804. The molecule has 0 spiro atoms. The zero-order chi connectivity index (χ0) is 14.7. The number of anilines is 1. The van der Waals surface area contributed by atoms with Crippen molar-refractivity contribution in [2.75, 3.05) is 5.32 Å². The second-order valence-electron chi connectivity index (χ2n) is 5.96. The van der Waals surface area contributed by atoms with Crippen LogP contribution in [0.3, 0.4) is 0 Å². The largest absolute Gasteiger partial charge is 0.382 e. The molecule has 1 aliphatic rings. The molecule has 5 nitrogen and oxygen atoms in total. The van der Waals surface area contributed by atoms with Crippen molar-refractivity contribution in [3.05, 3.63) is 30.1 Å². The Morgan fingerprint density at radius 3 is 2.86 bits per heavy atom. The third kappa shape index (κ3) is 3.06. The van der Waals surface area contributed by atoms with Crippen LogP contribution in [0.4, 0.5) is 5.69 Å². The molecular weight excluding hydrogens is 262 g/mol. The summed E-state index contributed by atoms with van der Waals surface area (Å²) in [5, 5.41) is 15.1. The molecule has 2 atom stereocenters. The fourth-order valence-corrected chi connectivity index (χ4v) is 3.37. The minimum Gasteiger partial charge on any atom is -0.382 e. The number of nitrogens with one attached hydrogen (secondary N) is 1. The van der Waals surface area contributed by atoms with Crippen LogP contribution < -0.4 is 5.32 Å². The first-order valence-electron chi connectivity index (χ1n) is 7.88. The highest BCUT2D eigenvalue weighted by Gasteiger charge is 2.23. The van der Waals surface area contributed by atoms with Crippen molar-refractivity contribution in [1.82, 2.24) is 20.2 Å². The van der Waals surface area contributed by atoms with Crippen LogP contribution in [0.2, 0.25) is 0 Å². The van der Waals surface area contributed by atoms with E-state index in [1.54, 1.807) is 11.0 Å². The van der Waals surface area contributed by atoms with Crippen LogP contribution in [-0.4, -0.2) is 26.2 Å². The standard InChI is InChI=1S/C16H23N5/c1-3-13-6-4-5-7-15(13)18-14-8-9-16(12(2)10-14)21-11-17-19-20-21/h8-11,13,15,18H,3-7H2,1-2H3. The van der Waals surface area contributed by atoms with Crippen molar-refractivity contribution in [2.45, 2.75) is 52.0 Å². The van der Waals surface area contributed by atoms with Gasteiger partial charge >= 0.3 is 0 Å². The Morgan fingerprint density at radius 2 is 2.14 bits per heavy atom. The van der Waals surface area contributed by atoms with Gasteiger partial charge in [-0.05, 0) is 59.9 Å². The molecule has 1 aromatic carbocycles. The van der Waals surface area contributed by atoms with Crippen LogP contribution in [-0.2, 0) is 0 Å². The fraction of sp³-hybridized carbons (Fsp3) is 0.562. The number of rotatable bonds is 4. The quantitative estimate of drug-likeness (QED) is 0.936. The first-order valence-corrected chi connectivity index (χ1v) is 7.88. The third-order valence-corrected chi connectivity index (χ3v) is 4.58. The van der Waals surface area contributed by atoms with Crippen molar-refractivity contribution in [3.63, 3.8) is 0 Å². The van der Waals surface area contributed by atoms with E-state index in [0.717, 1.165) is 11.6 Å². The van der Waals surface area contributed by atoms with Gasteiger partial charge in [-0.1, -0.05) is 26.2 Å². The third-order valence-electron chi connectivity index (χ3n) is 4.58. The van der Waals surface area contributed by atoms with Gasteiger partial charge in [-0.25, -0.2) is 4.68 Å². The molecule has 3 rings (SSSR count). The Kier molecular flexibility index (Phi) is 4.18. The number of tetrazole rings is 1. The minimum absolute atomic E-state index is 0.613. The summed E-state index contributed by atoms with van der Waals surface area (Å²) in [6, 6.07) is 7.02. The molecule has 0 radical (unpaired) electrons. The lowest BCUT2D eigenvalue weighted by Gasteiger charge is -2.32. The van der Waals surface area contributed by atoms with Gasteiger partial charge in [0.1, 0.15) is 6.33 Å². The summed E-state index contributed by atoms with van der Waals surface area (Å²) in [6.45, 7) is 4.40. The first kappa shape index (κ1) is 14.0. The highest BCUT2D eigenvalue weighted by Crippen LogP contribution is 2.30. The lowest BCUT2D eigenvalue weighted by Crippen LogP contribution is -2.31. The molecule has 112 valence electrons. The molecule has 2 unspecified atom stereocenters. The van der Waals surface area contributed by atoms with E-state index in [0.29, 0.717) is 6.04 Å². The average Bonchev–Trinajstić information content (AvgIpc) is 3.02. The van der Waals surface area contributed by atoms with Crippen LogP contribution in [0.1, 0.15) is 44.6 Å². The average molecular weight is 285 g/mol. The SMILES string of the molecule is CCC1CCCCC1Nc1ccc(-n2cnnn2)c(C)c1. The van der Waals surface area contributed by atoms with Crippen molar-refractivity contribution >= 4 is 5.69 Å². The van der Waals surface area contributed by atoms with E-state index in [2.05, 4.69) is 52.9 Å². The summed E-state index contributed by atoms with van der Waals surface area (Å²) >= 11 is 0. The molecule has 1 aromatic heterocycles. The zero-order valence-corrected chi connectivity index (χ0v) is 12.8. The van der Waals surface area contributed by atoms with Crippen LogP contribution in [0.5, 0.6) is 0 Å². The topological polar surface area (TPSA) is 55.6 Å². The molecule has 1 aliphatic carbocycles. The predicted octanol–water partition coefficient (Wildman–Crippen LogP) is 3.35. The van der Waals surface area contributed by atoms with Crippen LogP contribution in [0, 0.1) is 12.8 Å². The second-order valence-corrected chi connectivity index (χ2v) is 5.96. The van der Waals surface area contributed by atoms with Gasteiger partial charge in [0.2, 0.25) is 0 Å².